The zero-order chi connectivity index (χ0) is 12.3. The number of alkyl halides is 6. The van der Waals surface area contributed by atoms with Crippen LogP contribution in [-0.4, -0.2) is 32.2 Å². The van der Waals surface area contributed by atoms with Crippen LogP contribution in [0.5, 0.6) is 0 Å². The standard InChI is InChI=1S/C6H9BF6O2/c1-3-14-7(2)15-4(5(8,9)10)6(11,12)13/h4H,3H2,1-2H3. The van der Waals surface area contributed by atoms with Crippen molar-refractivity contribution in [3.63, 3.8) is 0 Å². The molecule has 0 saturated heterocycles. The monoisotopic (exact) mass is 238 g/mol. The highest BCUT2D eigenvalue weighted by molar-refractivity contribution is 6.42. The summed E-state index contributed by atoms with van der Waals surface area (Å²) in [7, 11) is -1.57. The van der Waals surface area contributed by atoms with E-state index in [1.54, 1.807) is 0 Å². The normalized spacial score (nSPS) is 13.4. The highest BCUT2D eigenvalue weighted by atomic mass is 19.4. The number of rotatable bonds is 4. The molecule has 0 heterocycles. The van der Waals surface area contributed by atoms with Gasteiger partial charge in [-0.2, -0.15) is 26.3 Å². The summed E-state index contributed by atoms with van der Waals surface area (Å²) in [6.45, 7) is 2.35. The van der Waals surface area contributed by atoms with E-state index in [1.807, 2.05) is 0 Å². The van der Waals surface area contributed by atoms with Crippen LogP contribution < -0.4 is 0 Å². The predicted octanol–water partition coefficient (Wildman–Crippen LogP) is 2.65. The fourth-order valence-corrected chi connectivity index (χ4v) is 0.806. The molecule has 15 heavy (non-hydrogen) atoms. The molecule has 0 aliphatic carbocycles. The van der Waals surface area contributed by atoms with Crippen LogP contribution in [0.3, 0.4) is 0 Å². The van der Waals surface area contributed by atoms with Crippen LogP contribution in [0.25, 0.3) is 0 Å². The molecule has 0 aliphatic heterocycles. The van der Waals surface area contributed by atoms with Gasteiger partial charge in [-0.1, -0.05) is 0 Å². The molecule has 0 spiro atoms. The Labute approximate surface area is 82.7 Å². The van der Waals surface area contributed by atoms with E-state index in [0.717, 1.165) is 6.82 Å². The van der Waals surface area contributed by atoms with Gasteiger partial charge in [0.25, 0.3) is 0 Å². The van der Waals surface area contributed by atoms with Gasteiger partial charge in [-0.25, -0.2) is 0 Å². The van der Waals surface area contributed by atoms with Gasteiger partial charge in [-0.05, 0) is 13.7 Å². The first-order valence-corrected chi connectivity index (χ1v) is 3.99. The molecular weight excluding hydrogens is 229 g/mol. The van der Waals surface area contributed by atoms with Gasteiger partial charge in [0, 0.05) is 6.61 Å². The van der Waals surface area contributed by atoms with Crippen LogP contribution in [0.2, 0.25) is 6.82 Å². The molecule has 0 N–H and O–H groups in total. The molecule has 0 rings (SSSR count). The predicted molar refractivity (Wildman–Crippen MR) is 40.2 cm³/mol. The van der Waals surface area contributed by atoms with Crippen molar-refractivity contribution in [2.45, 2.75) is 32.2 Å². The molecule has 0 aromatic heterocycles. The van der Waals surface area contributed by atoms with Crippen molar-refractivity contribution in [3.8, 4) is 0 Å². The molecule has 0 atom stereocenters. The molecule has 9 heteroatoms. The quantitative estimate of drug-likeness (QED) is 0.553. The zero-order valence-corrected chi connectivity index (χ0v) is 7.95. The maximum atomic E-state index is 11.9. The zero-order valence-electron chi connectivity index (χ0n) is 7.95. The number of hydrogen-bond donors (Lipinski definition) is 0. The van der Waals surface area contributed by atoms with Crippen molar-refractivity contribution < 1.29 is 35.7 Å². The lowest BCUT2D eigenvalue weighted by Crippen LogP contribution is -2.47. The molecule has 0 bridgehead atoms. The number of halogens is 6. The molecule has 0 aromatic rings. The van der Waals surface area contributed by atoms with Crippen molar-refractivity contribution in [1.29, 1.82) is 0 Å². The minimum Gasteiger partial charge on any atom is -0.412 e. The Morgan fingerprint density at radius 1 is 1.07 bits per heavy atom. The second kappa shape index (κ2) is 5.06. The summed E-state index contributed by atoms with van der Waals surface area (Å²) < 4.78 is 79.7. The molecule has 0 fully saturated rings. The van der Waals surface area contributed by atoms with Crippen LogP contribution in [0.1, 0.15) is 6.92 Å². The largest absolute Gasteiger partial charge is 0.454 e. The average Bonchev–Trinajstić information content (AvgIpc) is 1.96. The summed E-state index contributed by atoms with van der Waals surface area (Å²) in [5.41, 5.74) is 0. The first-order valence-electron chi connectivity index (χ1n) is 3.99. The lowest BCUT2D eigenvalue weighted by molar-refractivity contribution is -0.303. The summed E-state index contributed by atoms with van der Waals surface area (Å²) in [4.78, 5) is 0. The van der Waals surface area contributed by atoms with Crippen LogP contribution in [0.15, 0.2) is 0 Å². The second-order valence-corrected chi connectivity index (χ2v) is 2.62. The summed E-state index contributed by atoms with van der Waals surface area (Å²) >= 11 is 0. The molecule has 90 valence electrons. The lowest BCUT2D eigenvalue weighted by atomic mass is 9.94. The fraction of sp³-hybridized carbons (Fsp3) is 1.00. The van der Waals surface area contributed by atoms with Gasteiger partial charge in [0.1, 0.15) is 0 Å². The van der Waals surface area contributed by atoms with Crippen LogP contribution in [0.4, 0.5) is 26.3 Å². The molecule has 0 amide bonds. The van der Waals surface area contributed by atoms with Gasteiger partial charge in [0.05, 0.1) is 0 Å². The van der Waals surface area contributed by atoms with Gasteiger partial charge >= 0.3 is 19.5 Å². The molecule has 0 aromatic carbocycles. The van der Waals surface area contributed by atoms with Crippen LogP contribution in [-0.2, 0) is 9.31 Å². The molecule has 0 unspecified atom stereocenters. The fourth-order valence-electron chi connectivity index (χ4n) is 0.806. The van der Waals surface area contributed by atoms with E-state index in [0.29, 0.717) is 0 Å². The highest BCUT2D eigenvalue weighted by Crippen LogP contribution is 2.35. The third kappa shape index (κ3) is 5.26. The van der Waals surface area contributed by atoms with E-state index in [9.17, 15) is 26.3 Å². The third-order valence-corrected chi connectivity index (χ3v) is 1.32. The van der Waals surface area contributed by atoms with E-state index >= 15 is 0 Å². The van der Waals surface area contributed by atoms with Crippen molar-refractivity contribution >= 4 is 7.12 Å². The Morgan fingerprint density at radius 2 is 1.47 bits per heavy atom. The van der Waals surface area contributed by atoms with Crippen molar-refractivity contribution in [2.24, 2.45) is 0 Å². The number of hydrogen-bond acceptors (Lipinski definition) is 2. The van der Waals surface area contributed by atoms with Gasteiger partial charge in [-0.3, -0.25) is 0 Å². The topological polar surface area (TPSA) is 18.5 Å². The molecule has 2 nitrogen and oxygen atoms in total. The maximum Gasteiger partial charge on any atom is 0.454 e. The SMILES string of the molecule is CCOB(C)OC(C(F)(F)F)C(F)(F)F. The molecule has 0 saturated carbocycles. The molecular formula is C6H9BF6O2. The summed E-state index contributed by atoms with van der Waals surface area (Å²) in [6, 6.07) is 0. The first-order chi connectivity index (χ1) is 6.59. The van der Waals surface area contributed by atoms with E-state index in [2.05, 4.69) is 9.31 Å². The third-order valence-electron chi connectivity index (χ3n) is 1.32. The maximum absolute atomic E-state index is 11.9. The summed E-state index contributed by atoms with van der Waals surface area (Å²) in [6.07, 6.45) is -14.8. The minimum atomic E-state index is -5.50. The Bertz CT molecular complexity index is 177. The second-order valence-electron chi connectivity index (χ2n) is 2.62. The smallest absolute Gasteiger partial charge is 0.412 e. The van der Waals surface area contributed by atoms with Crippen molar-refractivity contribution in [1.82, 2.24) is 0 Å². The van der Waals surface area contributed by atoms with Gasteiger partial charge in [-0.15, -0.1) is 0 Å². The van der Waals surface area contributed by atoms with Gasteiger partial charge in [0.2, 0.25) is 6.10 Å². The van der Waals surface area contributed by atoms with Gasteiger partial charge < -0.3 is 9.31 Å². The van der Waals surface area contributed by atoms with Crippen LogP contribution >= 0.6 is 0 Å². The summed E-state index contributed by atoms with van der Waals surface area (Å²) in [5, 5.41) is 0. The molecule has 0 radical (unpaired) electrons. The molecule has 0 aliphatic rings. The Kier molecular flexibility index (Phi) is 4.92. The first kappa shape index (κ1) is 14.6. The summed E-state index contributed by atoms with van der Waals surface area (Å²) in [5.74, 6) is 0. The van der Waals surface area contributed by atoms with E-state index in [1.165, 1.54) is 6.92 Å². The Hall–Kier alpha value is -0.435. The average molecular weight is 238 g/mol. The highest BCUT2D eigenvalue weighted by Gasteiger charge is 2.58. The van der Waals surface area contributed by atoms with E-state index in [-0.39, 0.29) is 6.61 Å². The van der Waals surface area contributed by atoms with E-state index in [4.69, 9.17) is 0 Å². The van der Waals surface area contributed by atoms with Crippen molar-refractivity contribution in [2.75, 3.05) is 6.61 Å². The van der Waals surface area contributed by atoms with Crippen molar-refractivity contribution in [3.05, 3.63) is 0 Å². The Morgan fingerprint density at radius 3 is 1.73 bits per heavy atom. The minimum absolute atomic E-state index is 0.0381. The van der Waals surface area contributed by atoms with E-state index < -0.39 is 25.6 Å². The Balaban J connectivity index is 4.54. The van der Waals surface area contributed by atoms with Gasteiger partial charge in [0.15, 0.2) is 0 Å². The van der Waals surface area contributed by atoms with Crippen LogP contribution in [0, 0.1) is 0 Å². The lowest BCUT2D eigenvalue weighted by Gasteiger charge is -2.25.